The Morgan fingerprint density at radius 2 is 1.93 bits per heavy atom. The van der Waals surface area contributed by atoms with E-state index in [2.05, 4.69) is 26.5 Å². The average molecular weight is 479 g/mol. The number of carbonyl (C=O) groups is 1. The zero-order chi connectivity index (χ0) is 21.5. The first-order chi connectivity index (χ1) is 14.6. The largest absolute Gasteiger partial charge is 0.495 e. The van der Waals surface area contributed by atoms with Crippen LogP contribution in [-0.2, 0) is 9.53 Å². The van der Waals surface area contributed by atoms with Crippen LogP contribution in [0.4, 0.5) is 0 Å². The number of carbonyl (C=O) groups excluding carboxylic acids is 1. The monoisotopic (exact) mass is 478 g/mol. The van der Waals surface area contributed by atoms with E-state index in [-0.39, 0.29) is 0 Å². The van der Waals surface area contributed by atoms with Gasteiger partial charge in [0.05, 0.1) is 20.4 Å². The van der Waals surface area contributed by atoms with Crippen LogP contribution in [-0.4, -0.2) is 46.2 Å². The van der Waals surface area contributed by atoms with Crippen LogP contribution in [0.3, 0.4) is 0 Å². The van der Waals surface area contributed by atoms with Gasteiger partial charge in [-0.05, 0) is 41.1 Å². The Labute approximate surface area is 183 Å². The Hall–Kier alpha value is -2.78. The highest BCUT2D eigenvalue weighted by Crippen LogP contribution is 2.38. The quantitative estimate of drug-likeness (QED) is 0.461. The van der Waals surface area contributed by atoms with Gasteiger partial charge in [0.15, 0.2) is 17.6 Å². The molecular formula is C21H23BrN2O6. The molecule has 0 saturated heterocycles. The molecule has 2 aromatic carbocycles. The molecule has 1 atom stereocenters. The van der Waals surface area contributed by atoms with E-state index in [1.807, 2.05) is 6.92 Å². The van der Waals surface area contributed by atoms with Gasteiger partial charge >= 0.3 is 0 Å². The summed E-state index contributed by atoms with van der Waals surface area (Å²) in [6, 6.07) is 8.90. The third kappa shape index (κ3) is 4.85. The molecule has 1 aliphatic heterocycles. The lowest BCUT2D eigenvalue weighted by Crippen LogP contribution is -2.28. The summed E-state index contributed by atoms with van der Waals surface area (Å²) in [6.07, 6.45) is 0.608. The second-order valence-corrected chi connectivity index (χ2v) is 6.97. The molecule has 0 bridgehead atoms. The molecular weight excluding hydrogens is 456 g/mol. The lowest BCUT2D eigenvalue weighted by Gasteiger charge is -2.24. The predicted molar refractivity (Wildman–Crippen MR) is 115 cm³/mol. The van der Waals surface area contributed by atoms with E-state index in [1.54, 1.807) is 44.6 Å². The van der Waals surface area contributed by atoms with Crippen LogP contribution in [0.1, 0.15) is 24.2 Å². The van der Waals surface area contributed by atoms with Crippen LogP contribution in [0.2, 0.25) is 0 Å². The van der Waals surface area contributed by atoms with Crippen LogP contribution in [0.5, 0.6) is 23.0 Å². The fraction of sp³-hybridized carbons (Fsp3) is 0.333. The number of hydrazone groups is 1. The zero-order valence-electron chi connectivity index (χ0n) is 16.9. The minimum absolute atomic E-state index is 0.341. The van der Waals surface area contributed by atoms with Gasteiger partial charge in [-0.3, -0.25) is 4.79 Å². The van der Waals surface area contributed by atoms with Crippen molar-refractivity contribution in [1.29, 1.82) is 0 Å². The molecule has 1 amide bonds. The van der Waals surface area contributed by atoms with Crippen molar-refractivity contribution in [3.8, 4) is 23.0 Å². The van der Waals surface area contributed by atoms with Crippen LogP contribution in [0, 0.1) is 0 Å². The van der Waals surface area contributed by atoms with Crippen molar-refractivity contribution in [3.63, 3.8) is 0 Å². The van der Waals surface area contributed by atoms with E-state index in [0.29, 0.717) is 58.4 Å². The van der Waals surface area contributed by atoms with Crippen molar-refractivity contribution in [1.82, 2.24) is 5.43 Å². The van der Waals surface area contributed by atoms with Gasteiger partial charge in [-0.25, -0.2) is 5.43 Å². The molecule has 1 N–H and O–H groups in total. The first-order valence-corrected chi connectivity index (χ1v) is 10.1. The molecule has 0 aliphatic carbocycles. The Bertz CT molecular complexity index is 909. The van der Waals surface area contributed by atoms with Gasteiger partial charge in [0.2, 0.25) is 0 Å². The van der Waals surface area contributed by atoms with Gasteiger partial charge in [-0.2, -0.15) is 5.10 Å². The summed E-state index contributed by atoms with van der Waals surface area (Å²) in [6.45, 7) is 3.03. The second-order valence-electron chi connectivity index (χ2n) is 6.18. The Morgan fingerprint density at radius 1 is 1.23 bits per heavy atom. The van der Waals surface area contributed by atoms with Gasteiger partial charge in [-0.1, -0.05) is 12.1 Å². The highest BCUT2D eigenvalue weighted by Gasteiger charge is 2.28. The number of methoxy groups -OCH3 is 2. The van der Waals surface area contributed by atoms with Crippen LogP contribution >= 0.6 is 15.9 Å². The molecule has 1 heterocycles. The van der Waals surface area contributed by atoms with E-state index in [4.69, 9.17) is 23.7 Å². The van der Waals surface area contributed by atoms with E-state index in [9.17, 15) is 4.79 Å². The zero-order valence-corrected chi connectivity index (χ0v) is 18.5. The minimum atomic E-state index is -0.891. The summed E-state index contributed by atoms with van der Waals surface area (Å²) in [5, 5.41) is 4.06. The molecule has 0 spiro atoms. The molecule has 0 radical (unpaired) electrons. The van der Waals surface area contributed by atoms with Crippen LogP contribution in [0.15, 0.2) is 39.9 Å². The number of fused-ring (bicyclic) bond motifs is 1. The fourth-order valence-corrected chi connectivity index (χ4v) is 3.52. The Morgan fingerprint density at radius 3 is 2.60 bits per heavy atom. The number of hydrogen-bond acceptors (Lipinski definition) is 7. The van der Waals surface area contributed by atoms with Crippen LogP contribution < -0.4 is 24.4 Å². The number of hydrogen-bond donors (Lipinski definition) is 1. The number of ether oxygens (including phenoxy) is 5. The molecule has 0 saturated carbocycles. The molecule has 2 aromatic rings. The van der Waals surface area contributed by atoms with E-state index < -0.39 is 12.0 Å². The number of amides is 1. The lowest BCUT2D eigenvalue weighted by molar-refractivity contribution is -0.133. The molecule has 30 heavy (non-hydrogen) atoms. The molecule has 160 valence electrons. The normalized spacial score (nSPS) is 13.7. The number of halogens is 1. The van der Waals surface area contributed by atoms with Crippen molar-refractivity contribution >= 4 is 28.1 Å². The van der Waals surface area contributed by atoms with E-state index >= 15 is 0 Å². The predicted octanol–water partition coefficient (Wildman–Crippen LogP) is 3.47. The van der Waals surface area contributed by atoms with Crippen molar-refractivity contribution < 1.29 is 28.5 Å². The third-order valence-corrected chi connectivity index (χ3v) is 5.09. The molecule has 1 unspecified atom stereocenters. The molecule has 0 aromatic heterocycles. The summed E-state index contributed by atoms with van der Waals surface area (Å²) in [4.78, 5) is 12.8. The topological polar surface area (TPSA) is 87.6 Å². The first kappa shape index (κ1) is 21.9. The molecule has 1 aliphatic rings. The molecule has 9 heteroatoms. The number of para-hydroxylation sites is 1. The summed E-state index contributed by atoms with van der Waals surface area (Å²) in [7, 11) is 3.11. The van der Waals surface area contributed by atoms with E-state index in [0.717, 1.165) is 0 Å². The smallest absolute Gasteiger partial charge is 0.273 e. The average Bonchev–Trinajstić information content (AvgIpc) is 2.78. The Kier molecular flexibility index (Phi) is 7.53. The first-order valence-electron chi connectivity index (χ1n) is 9.33. The maximum absolute atomic E-state index is 12.8. The number of benzene rings is 2. The summed E-state index contributed by atoms with van der Waals surface area (Å²) < 4.78 is 28.3. The molecule has 3 rings (SSSR count). The Balaban J connectivity index is 1.78. The van der Waals surface area contributed by atoms with Crippen molar-refractivity contribution in [2.45, 2.75) is 13.0 Å². The highest BCUT2D eigenvalue weighted by molar-refractivity contribution is 9.10. The highest BCUT2D eigenvalue weighted by atomic mass is 79.9. The summed E-state index contributed by atoms with van der Waals surface area (Å²) in [5.41, 5.74) is 3.81. The van der Waals surface area contributed by atoms with Gasteiger partial charge < -0.3 is 23.7 Å². The maximum Gasteiger partial charge on any atom is 0.273 e. The molecule has 8 nitrogen and oxygen atoms in total. The van der Waals surface area contributed by atoms with Gasteiger partial charge in [0.1, 0.15) is 29.2 Å². The van der Waals surface area contributed by atoms with E-state index in [1.165, 1.54) is 6.21 Å². The third-order valence-electron chi connectivity index (χ3n) is 4.31. The van der Waals surface area contributed by atoms with Crippen molar-refractivity contribution in [3.05, 3.63) is 45.9 Å². The van der Waals surface area contributed by atoms with Gasteiger partial charge in [0.25, 0.3) is 5.91 Å². The number of nitrogens with zero attached hydrogens (tertiary/aromatic N) is 1. The summed E-state index contributed by atoms with van der Waals surface area (Å²) in [5.74, 6) is 1.86. The standard InChI is InChI=1S/C21H23BrN2O6/c1-4-28-20(14-6-5-7-15-19(14)30-9-8-29-15)21(25)24-23-12-13-10-16(26-2)18(22)17(11-13)27-3/h5-7,10-12,20H,4,8-9H2,1-3H3,(H,24,25)/b23-12+. The second kappa shape index (κ2) is 10.3. The summed E-state index contributed by atoms with van der Waals surface area (Å²) >= 11 is 3.42. The van der Waals surface area contributed by atoms with Crippen molar-refractivity contribution in [2.24, 2.45) is 5.10 Å². The van der Waals surface area contributed by atoms with Gasteiger partial charge in [-0.15, -0.1) is 0 Å². The number of rotatable bonds is 8. The SMILES string of the molecule is CCOC(C(=O)N/N=C/c1cc(OC)c(Br)c(OC)c1)c1cccc2c1OCCO2. The fourth-order valence-electron chi connectivity index (χ4n) is 2.97. The lowest BCUT2D eigenvalue weighted by atomic mass is 10.1. The maximum atomic E-state index is 12.8. The number of nitrogens with one attached hydrogen (secondary N) is 1. The van der Waals surface area contributed by atoms with Crippen LogP contribution in [0.25, 0.3) is 0 Å². The van der Waals surface area contributed by atoms with Gasteiger partial charge in [0, 0.05) is 17.7 Å². The minimum Gasteiger partial charge on any atom is -0.495 e. The molecule has 0 fully saturated rings. The van der Waals surface area contributed by atoms with Crippen molar-refractivity contribution in [2.75, 3.05) is 34.0 Å².